The summed E-state index contributed by atoms with van der Waals surface area (Å²) in [5.41, 5.74) is 6.49. The Morgan fingerprint density at radius 2 is 1.54 bits per heavy atom. The molecule has 1 aliphatic rings. The van der Waals surface area contributed by atoms with Gasteiger partial charge in [-0.25, -0.2) is 8.42 Å². The zero-order valence-corrected chi connectivity index (χ0v) is 15.2. The van der Waals surface area contributed by atoms with Gasteiger partial charge in [0, 0.05) is 5.56 Å². The minimum Gasteiger partial charge on any atom is -0.279 e. The summed E-state index contributed by atoms with van der Waals surface area (Å²) < 4.78 is 28.2. The molecule has 0 saturated carbocycles. The standard InChI is InChI=1S/C20H23NO2S/c1-14-7-10-17(11-8-14)24(22,23)21-20-12-9-15(2)13-19(20)18-6-4-5-16(18)3/h7-13,21H,4-6H2,1-3H3. The maximum absolute atomic E-state index is 12.7. The van der Waals surface area contributed by atoms with Gasteiger partial charge >= 0.3 is 0 Å². The van der Waals surface area contributed by atoms with Crippen molar-refractivity contribution in [2.45, 2.75) is 44.9 Å². The molecule has 0 saturated heterocycles. The van der Waals surface area contributed by atoms with E-state index in [-0.39, 0.29) is 4.90 Å². The van der Waals surface area contributed by atoms with Crippen LogP contribution in [0, 0.1) is 13.8 Å². The van der Waals surface area contributed by atoms with Crippen molar-refractivity contribution in [3.63, 3.8) is 0 Å². The Bertz CT molecular complexity index is 894. The van der Waals surface area contributed by atoms with Crippen molar-refractivity contribution in [1.82, 2.24) is 0 Å². The van der Waals surface area contributed by atoms with E-state index in [4.69, 9.17) is 0 Å². The zero-order chi connectivity index (χ0) is 17.3. The van der Waals surface area contributed by atoms with Crippen molar-refractivity contribution in [2.75, 3.05) is 4.72 Å². The van der Waals surface area contributed by atoms with Gasteiger partial charge in [0.2, 0.25) is 0 Å². The Kier molecular flexibility index (Phi) is 4.50. The molecule has 0 spiro atoms. The Labute approximate surface area is 144 Å². The first kappa shape index (κ1) is 16.8. The molecule has 0 unspecified atom stereocenters. The first-order valence-electron chi connectivity index (χ1n) is 8.26. The highest BCUT2D eigenvalue weighted by atomic mass is 32.2. The van der Waals surface area contributed by atoms with E-state index in [0.717, 1.165) is 36.0 Å². The number of hydrogen-bond donors (Lipinski definition) is 1. The van der Waals surface area contributed by atoms with E-state index in [1.165, 1.54) is 11.1 Å². The van der Waals surface area contributed by atoms with Crippen LogP contribution in [0.25, 0.3) is 5.57 Å². The number of rotatable bonds is 4. The van der Waals surface area contributed by atoms with Crippen LogP contribution in [0.15, 0.2) is 52.9 Å². The van der Waals surface area contributed by atoms with Gasteiger partial charge in [0.1, 0.15) is 0 Å². The van der Waals surface area contributed by atoms with Gasteiger partial charge in [0.25, 0.3) is 10.0 Å². The van der Waals surface area contributed by atoms with E-state index in [1.807, 2.05) is 38.1 Å². The Balaban J connectivity index is 2.01. The molecule has 24 heavy (non-hydrogen) atoms. The predicted octanol–water partition coefficient (Wildman–Crippen LogP) is 5.06. The van der Waals surface area contributed by atoms with Crippen LogP contribution in [0.5, 0.6) is 0 Å². The molecule has 1 aliphatic carbocycles. The summed E-state index contributed by atoms with van der Waals surface area (Å²) in [5.74, 6) is 0. The van der Waals surface area contributed by atoms with Crippen LogP contribution in [0.2, 0.25) is 0 Å². The summed E-state index contributed by atoms with van der Waals surface area (Å²) in [6.45, 7) is 6.12. The monoisotopic (exact) mass is 341 g/mol. The van der Waals surface area contributed by atoms with Crippen molar-refractivity contribution in [3.8, 4) is 0 Å². The quantitative estimate of drug-likeness (QED) is 0.844. The molecule has 0 atom stereocenters. The van der Waals surface area contributed by atoms with Gasteiger partial charge in [0.15, 0.2) is 0 Å². The molecular weight excluding hydrogens is 318 g/mol. The Hall–Kier alpha value is -2.07. The van der Waals surface area contributed by atoms with Crippen LogP contribution >= 0.6 is 0 Å². The normalized spacial score (nSPS) is 15.0. The third-order valence-corrected chi connectivity index (χ3v) is 5.95. The van der Waals surface area contributed by atoms with Crippen molar-refractivity contribution in [2.24, 2.45) is 0 Å². The second-order valence-corrected chi connectivity index (χ2v) is 8.26. The first-order valence-corrected chi connectivity index (χ1v) is 9.74. The molecule has 3 nitrogen and oxygen atoms in total. The lowest BCUT2D eigenvalue weighted by molar-refractivity contribution is 0.601. The van der Waals surface area contributed by atoms with E-state index in [0.29, 0.717) is 5.69 Å². The lowest BCUT2D eigenvalue weighted by Gasteiger charge is -2.15. The second kappa shape index (κ2) is 6.44. The fourth-order valence-electron chi connectivity index (χ4n) is 3.18. The van der Waals surface area contributed by atoms with Crippen molar-refractivity contribution in [3.05, 3.63) is 64.7 Å². The van der Waals surface area contributed by atoms with Crippen LogP contribution in [0.3, 0.4) is 0 Å². The number of anilines is 1. The molecule has 2 aromatic rings. The molecule has 0 fully saturated rings. The highest BCUT2D eigenvalue weighted by Crippen LogP contribution is 2.38. The van der Waals surface area contributed by atoms with Gasteiger partial charge < -0.3 is 0 Å². The minimum absolute atomic E-state index is 0.289. The van der Waals surface area contributed by atoms with E-state index in [9.17, 15) is 8.42 Å². The predicted molar refractivity (Wildman–Crippen MR) is 99.6 cm³/mol. The molecule has 3 rings (SSSR count). The van der Waals surface area contributed by atoms with E-state index < -0.39 is 10.0 Å². The zero-order valence-electron chi connectivity index (χ0n) is 14.4. The number of allylic oxidation sites excluding steroid dienone is 2. The summed E-state index contributed by atoms with van der Waals surface area (Å²) in [7, 11) is -3.59. The van der Waals surface area contributed by atoms with E-state index >= 15 is 0 Å². The van der Waals surface area contributed by atoms with Gasteiger partial charge in [-0.15, -0.1) is 0 Å². The lowest BCUT2D eigenvalue weighted by atomic mass is 9.99. The molecule has 0 heterocycles. The second-order valence-electron chi connectivity index (χ2n) is 6.58. The van der Waals surface area contributed by atoms with Crippen molar-refractivity contribution < 1.29 is 8.42 Å². The van der Waals surface area contributed by atoms with E-state index in [2.05, 4.69) is 17.7 Å². The fraction of sp³-hybridized carbons (Fsp3) is 0.300. The summed E-state index contributed by atoms with van der Waals surface area (Å²) in [4.78, 5) is 0.289. The molecule has 0 aliphatic heterocycles. The van der Waals surface area contributed by atoms with E-state index in [1.54, 1.807) is 12.1 Å². The molecule has 0 bridgehead atoms. The molecule has 0 radical (unpaired) electrons. The topological polar surface area (TPSA) is 46.2 Å². The average Bonchev–Trinajstić information content (AvgIpc) is 2.95. The number of benzene rings is 2. The fourth-order valence-corrected chi connectivity index (χ4v) is 4.26. The summed E-state index contributed by atoms with van der Waals surface area (Å²) >= 11 is 0. The van der Waals surface area contributed by atoms with Crippen molar-refractivity contribution >= 4 is 21.3 Å². The molecule has 126 valence electrons. The highest BCUT2D eigenvalue weighted by Gasteiger charge is 2.20. The molecule has 0 amide bonds. The van der Waals surface area contributed by atoms with Gasteiger partial charge in [-0.1, -0.05) is 34.9 Å². The Morgan fingerprint density at radius 1 is 0.875 bits per heavy atom. The van der Waals surface area contributed by atoms with Gasteiger partial charge in [-0.2, -0.15) is 0 Å². The summed E-state index contributed by atoms with van der Waals surface area (Å²) in [6.07, 6.45) is 3.24. The highest BCUT2D eigenvalue weighted by molar-refractivity contribution is 7.92. The average molecular weight is 341 g/mol. The molecule has 0 aromatic heterocycles. The number of sulfonamides is 1. The maximum atomic E-state index is 12.7. The van der Waals surface area contributed by atoms with Crippen LogP contribution in [0.1, 0.15) is 42.9 Å². The number of hydrogen-bond acceptors (Lipinski definition) is 2. The first-order chi connectivity index (χ1) is 11.4. The maximum Gasteiger partial charge on any atom is 0.261 e. The number of nitrogens with one attached hydrogen (secondary N) is 1. The lowest BCUT2D eigenvalue weighted by Crippen LogP contribution is -2.14. The third-order valence-electron chi connectivity index (χ3n) is 4.57. The van der Waals surface area contributed by atoms with Crippen LogP contribution in [-0.4, -0.2) is 8.42 Å². The molecular formula is C20H23NO2S. The summed E-state index contributed by atoms with van der Waals surface area (Å²) in [6, 6.07) is 12.8. The third kappa shape index (κ3) is 3.39. The van der Waals surface area contributed by atoms with Crippen LogP contribution in [0.4, 0.5) is 5.69 Å². The van der Waals surface area contributed by atoms with Crippen molar-refractivity contribution in [1.29, 1.82) is 0 Å². The minimum atomic E-state index is -3.59. The smallest absolute Gasteiger partial charge is 0.261 e. The van der Waals surface area contributed by atoms with Gasteiger partial charge in [-0.05, 0) is 69.9 Å². The Morgan fingerprint density at radius 3 is 2.17 bits per heavy atom. The van der Waals surface area contributed by atoms with Crippen LogP contribution in [-0.2, 0) is 10.0 Å². The number of aryl methyl sites for hydroxylation is 2. The molecule has 4 heteroatoms. The molecule has 1 N–H and O–H groups in total. The molecule has 2 aromatic carbocycles. The SMILES string of the molecule is CC1=C(c2cc(C)ccc2NS(=O)(=O)c2ccc(C)cc2)CCC1. The van der Waals surface area contributed by atoms with Gasteiger partial charge in [0.05, 0.1) is 10.6 Å². The van der Waals surface area contributed by atoms with Crippen LogP contribution < -0.4 is 4.72 Å². The largest absolute Gasteiger partial charge is 0.279 e. The summed E-state index contributed by atoms with van der Waals surface area (Å²) in [5, 5.41) is 0. The van der Waals surface area contributed by atoms with Gasteiger partial charge in [-0.3, -0.25) is 4.72 Å².